The van der Waals surface area contributed by atoms with E-state index < -0.39 is 18.2 Å². The third-order valence-electron chi connectivity index (χ3n) is 4.01. The van der Waals surface area contributed by atoms with Crippen LogP contribution in [0.25, 0.3) is 11.0 Å². The molecule has 3 rings (SSSR count). The van der Waals surface area contributed by atoms with Crippen LogP contribution in [0, 0.1) is 0 Å². The van der Waals surface area contributed by atoms with Crippen molar-refractivity contribution in [2.45, 2.75) is 37.6 Å². The first-order valence-corrected chi connectivity index (χ1v) is 7.01. The Morgan fingerprint density at radius 2 is 2.15 bits per heavy atom. The van der Waals surface area contributed by atoms with Crippen LogP contribution >= 0.6 is 9.39 Å². The van der Waals surface area contributed by atoms with E-state index >= 15 is 0 Å². The second-order valence-corrected chi connectivity index (χ2v) is 5.64. The van der Waals surface area contributed by atoms with Crippen molar-refractivity contribution in [3.8, 4) is 0 Å². The first kappa shape index (κ1) is 13.7. The summed E-state index contributed by atoms with van der Waals surface area (Å²) in [6, 6.07) is -0.560. The maximum absolute atomic E-state index is 11.7. The Bertz CT molecular complexity index is 685. The van der Waals surface area contributed by atoms with E-state index in [4.69, 9.17) is 0 Å². The summed E-state index contributed by atoms with van der Waals surface area (Å²) < 4.78 is 1.86. The van der Waals surface area contributed by atoms with Crippen LogP contribution in [0.1, 0.15) is 24.9 Å². The molecular formula is C12H17N4O3P. The minimum atomic E-state index is -0.919. The van der Waals surface area contributed by atoms with Crippen molar-refractivity contribution in [1.82, 2.24) is 19.6 Å². The highest BCUT2D eigenvalue weighted by Gasteiger charge is 2.46. The molecule has 3 heterocycles. The molecule has 5 atom stereocenters. The Hall–Kier alpha value is -1.27. The molecule has 0 saturated carbocycles. The van der Waals surface area contributed by atoms with Crippen LogP contribution in [-0.4, -0.2) is 48.1 Å². The van der Waals surface area contributed by atoms with Crippen molar-refractivity contribution >= 4 is 20.4 Å². The Balaban J connectivity index is 2.12. The molecule has 0 bridgehead atoms. The van der Waals surface area contributed by atoms with Gasteiger partial charge in [0, 0.05) is 17.8 Å². The topological polar surface area (TPSA) is 105 Å². The number of aromatic amines is 2. The van der Waals surface area contributed by atoms with Gasteiger partial charge >= 0.3 is 0 Å². The molecule has 1 aliphatic rings. The van der Waals surface area contributed by atoms with Gasteiger partial charge in [0.2, 0.25) is 0 Å². The number of nitrogens with zero attached hydrogens (tertiary/aromatic N) is 2. The van der Waals surface area contributed by atoms with Crippen LogP contribution in [0.15, 0.2) is 17.3 Å². The van der Waals surface area contributed by atoms with Gasteiger partial charge in [0.15, 0.2) is 0 Å². The predicted molar refractivity (Wildman–Crippen MR) is 77.1 cm³/mol. The number of aliphatic hydroxyl groups excluding tert-OH is 2. The van der Waals surface area contributed by atoms with Gasteiger partial charge in [0.1, 0.15) is 17.1 Å². The number of hydrogen-bond acceptors (Lipinski definition) is 5. The highest BCUT2D eigenvalue weighted by atomic mass is 31.0. The van der Waals surface area contributed by atoms with Gasteiger partial charge < -0.3 is 20.2 Å². The molecular weight excluding hydrogens is 279 g/mol. The van der Waals surface area contributed by atoms with E-state index in [0.717, 1.165) is 0 Å². The summed E-state index contributed by atoms with van der Waals surface area (Å²) in [7, 11) is 2.56. The van der Waals surface area contributed by atoms with E-state index in [-0.39, 0.29) is 11.6 Å². The van der Waals surface area contributed by atoms with Gasteiger partial charge in [-0.25, -0.2) is 4.98 Å². The summed E-state index contributed by atoms with van der Waals surface area (Å²) in [6.45, 7) is 1.96. The van der Waals surface area contributed by atoms with Crippen LogP contribution < -0.4 is 5.56 Å². The van der Waals surface area contributed by atoms with E-state index in [0.29, 0.717) is 23.0 Å². The van der Waals surface area contributed by atoms with Gasteiger partial charge in [-0.3, -0.25) is 9.46 Å². The molecule has 20 heavy (non-hydrogen) atoms. The number of fused-ring (bicyclic) bond motifs is 1. The number of hydrogen-bond donors (Lipinski definition) is 4. The second kappa shape index (κ2) is 4.93. The fourth-order valence-corrected chi connectivity index (χ4v) is 3.69. The third-order valence-corrected chi connectivity index (χ3v) is 4.71. The van der Waals surface area contributed by atoms with Gasteiger partial charge in [-0.1, -0.05) is 16.3 Å². The Kier molecular flexibility index (Phi) is 3.38. The summed E-state index contributed by atoms with van der Waals surface area (Å²) in [4.78, 5) is 21.3. The van der Waals surface area contributed by atoms with E-state index in [9.17, 15) is 15.0 Å². The molecule has 1 saturated heterocycles. The lowest BCUT2D eigenvalue weighted by molar-refractivity contribution is 0.0276. The fraction of sp³-hybridized carbons (Fsp3) is 0.500. The van der Waals surface area contributed by atoms with E-state index in [1.807, 2.05) is 11.6 Å². The molecule has 1 aliphatic heterocycles. The monoisotopic (exact) mass is 296 g/mol. The van der Waals surface area contributed by atoms with Crippen LogP contribution in [0.5, 0.6) is 0 Å². The minimum Gasteiger partial charge on any atom is -0.389 e. The molecule has 1 fully saturated rings. The minimum absolute atomic E-state index is 0.146. The van der Waals surface area contributed by atoms with Crippen molar-refractivity contribution in [3.63, 3.8) is 0 Å². The maximum Gasteiger partial charge on any atom is 0.275 e. The highest BCUT2D eigenvalue weighted by molar-refractivity contribution is 7.13. The van der Waals surface area contributed by atoms with Crippen LogP contribution in [-0.2, 0) is 0 Å². The number of rotatable bonds is 2. The zero-order valence-electron chi connectivity index (χ0n) is 10.9. The number of aromatic nitrogens is 3. The standard InChI is InChI=1S/C12H17N4O3P/c1-2-6-10(17)11(18)9(16(6)20)5-3-13-8-7(5)14-4-15-12(8)19/h3-4,6,9-11,13,17-18H,2,20H2,1H3,(H,14,15,19)/t6-,9+,10-,11+/m1/s1. The molecule has 0 amide bonds. The molecule has 1 unspecified atom stereocenters. The highest BCUT2D eigenvalue weighted by Crippen LogP contribution is 2.41. The van der Waals surface area contributed by atoms with Gasteiger partial charge in [-0.2, -0.15) is 0 Å². The maximum atomic E-state index is 11.7. The van der Waals surface area contributed by atoms with E-state index in [1.54, 1.807) is 6.20 Å². The van der Waals surface area contributed by atoms with E-state index in [2.05, 4.69) is 24.3 Å². The van der Waals surface area contributed by atoms with Crippen molar-refractivity contribution in [3.05, 3.63) is 28.4 Å². The molecule has 0 aliphatic carbocycles. The average Bonchev–Trinajstić information content (AvgIpc) is 2.92. The zero-order chi connectivity index (χ0) is 14.4. The molecule has 2 aromatic rings. The molecule has 2 aromatic heterocycles. The van der Waals surface area contributed by atoms with Crippen LogP contribution in [0.2, 0.25) is 0 Å². The first-order valence-electron chi connectivity index (χ1n) is 6.50. The predicted octanol–water partition coefficient (Wildman–Crippen LogP) is -0.102. The molecule has 0 spiro atoms. The summed E-state index contributed by atoms with van der Waals surface area (Å²) in [6.07, 6.45) is 1.98. The Labute approximate surface area is 117 Å². The Morgan fingerprint density at radius 3 is 2.80 bits per heavy atom. The molecule has 7 nitrogen and oxygen atoms in total. The lowest BCUT2D eigenvalue weighted by Crippen LogP contribution is -2.31. The van der Waals surface area contributed by atoms with Gasteiger partial charge in [0.05, 0.1) is 18.5 Å². The average molecular weight is 296 g/mol. The summed E-state index contributed by atoms with van der Waals surface area (Å²) in [5, 5.41) is 20.4. The number of H-pyrrole nitrogens is 2. The molecule has 8 heteroatoms. The van der Waals surface area contributed by atoms with E-state index in [1.165, 1.54) is 6.33 Å². The Morgan fingerprint density at radius 1 is 1.40 bits per heavy atom. The van der Waals surface area contributed by atoms with Gasteiger partial charge in [-0.05, 0) is 6.42 Å². The van der Waals surface area contributed by atoms with Crippen molar-refractivity contribution in [2.24, 2.45) is 0 Å². The normalized spacial score (nSPS) is 31.2. The quantitative estimate of drug-likeness (QED) is 0.579. The summed E-state index contributed by atoms with van der Waals surface area (Å²) >= 11 is 0. The van der Waals surface area contributed by atoms with Crippen LogP contribution in [0.3, 0.4) is 0 Å². The van der Waals surface area contributed by atoms with Crippen molar-refractivity contribution in [2.75, 3.05) is 0 Å². The number of nitrogens with one attached hydrogen (secondary N) is 2. The second-order valence-electron chi connectivity index (χ2n) is 5.05. The lowest BCUT2D eigenvalue weighted by Gasteiger charge is -2.24. The fourth-order valence-electron chi connectivity index (χ4n) is 2.97. The van der Waals surface area contributed by atoms with Gasteiger partial charge in [-0.15, -0.1) is 0 Å². The van der Waals surface area contributed by atoms with Crippen LogP contribution in [0.4, 0.5) is 0 Å². The molecule has 0 radical (unpaired) electrons. The molecule has 4 N–H and O–H groups in total. The molecule has 0 aromatic carbocycles. The summed E-state index contributed by atoms with van der Waals surface area (Å²) in [5.41, 5.74) is 1.36. The third kappa shape index (κ3) is 1.82. The van der Waals surface area contributed by atoms with Gasteiger partial charge in [0.25, 0.3) is 5.56 Å². The summed E-state index contributed by atoms with van der Waals surface area (Å²) in [5.74, 6) is 0. The first-order chi connectivity index (χ1) is 9.56. The molecule has 108 valence electrons. The lowest BCUT2D eigenvalue weighted by atomic mass is 10.0. The smallest absolute Gasteiger partial charge is 0.275 e. The largest absolute Gasteiger partial charge is 0.389 e. The van der Waals surface area contributed by atoms with Crippen molar-refractivity contribution in [1.29, 1.82) is 0 Å². The zero-order valence-corrected chi connectivity index (χ0v) is 12.1. The SMILES string of the molecule is CC[C@@H]1[C@@H](O)[C@@H](O)[C@H](c2c[nH]c3c(=O)[nH]cnc23)N1P. The van der Waals surface area contributed by atoms with Crippen molar-refractivity contribution < 1.29 is 10.2 Å². The number of aliphatic hydroxyl groups is 2.